The van der Waals surface area contributed by atoms with Gasteiger partial charge in [-0.25, -0.2) is 9.78 Å². The molecule has 0 unspecified atom stereocenters. The first-order valence-corrected chi connectivity index (χ1v) is 13.1. The van der Waals surface area contributed by atoms with Crippen molar-refractivity contribution >= 4 is 52.4 Å². The maximum atomic E-state index is 12.0. The first-order valence-electron chi connectivity index (χ1n) is 12.7. The quantitative estimate of drug-likeness (QED) is 0.243. The summed E-state index contributed by atoms with van der Waals surface area (Å²) in [5.74, 6) is -0.0000575. The molecule has 214 valence electrons. The molecule has 1 aromatic carbocycles. The van der Waals surface area contributed by atoms with Crippen LogP contribution in [-0.2, 0) is 9.53 Å². The van der Waals surface area contributed by atoms with Crippen molar-refractivity contribution < 1.29 is 14.3 Å². The summed E-state index contributed by atoms with van der Waals surface area (Å²) in [6.07, 6.45) is 1.29. The first kappa shape index (κ1) is 29.1. The molecule has 0 saturated carbocycles. The highest BCUT2D eigenvalue weighted by Crippen LogP contribution is 2.37. The van der Waals surface area contributed by atoms with Gasteiger partial charge in [0.15, 0.2) is 17.2 Å². The molecule has 15 nitrogen and oxygen atoms in total. The Bertz CT molecular complexity index is 1550. The number of nitrogens with one attached hydrogen (secondary N) is 4. The highest BCUT2D eigenvalue weighted by molar-refractivity contribution is 6.36. The molecule has 3 atom stereocenters. The fourth-order valence-electron chi connectivity index (χ4n) is 4.54. The number of piperidine rings is 1. The molecule has 0 spiro atoms. The van der Waals surface area contributed by atoms with Crippen LogP contribution in [0.3, 0.4) is 0 Å². The molecule has 1 aliphatic heterocycles. The Morgan fingerprint density at radius 3 is 2.73 bits per heavy atom. The van der Waals surface area contributed by atoms with Crippen LogP contribution in [0.4, 0.5) is 27.9 Å². The fraction of sp³-hybridized carbons (Fsp3) is 0.400. The number of methoxy groups -OCH3 is 1. The van der Waals surface area contributed by atoms with Gasteiger partial charge in [0.1, 0.15) is 6.07 Å². The van der Waals surface area contributed by atoms with Crippen molar-refractivity contribution in [3.05, 3.63) is 34.6 Å². The van der Waals surface area contributed by atoms with Gasteiger partial charge in [-0.05, 0) is 32.4 Å². The Morgan fingerprint density at radius 1 is 1.29 bits per heavy atom. The summed E-state index contributed by atoms with van der Waals surface area (Å²) in [4.78, 5) is 34.4. The molecule has 2 aromatic heterocycles. The highest BCUT2D eigenvalue weighted by Gasteiger charge is 2.33. The average molecular weight is 581 g/mol. The Labute approximate surface area is 240 Å². The number of anilines is 4. The van der Waals surface area contributed by atoms with Crippen LogP contribution in [0, 0.1) is 22.7 Å². The Hall–Kier alpha value is -4.86. The van der Waals surface area contributed by atoms with Crippen LogP contribution in [0.25, 0.3) is 5.65 Å². The zero-order chi connectivity index (χ0) is 29.7. The summed E-state index contributed by atoms with van der Waals surface area (Å²) in [5.41, 5.74) is 7.32. The number of aromatic nitrogens is 4. The number of carbonyl (C=O) groups is 2. The Morgan fingerprint density at radius 2 is 2.07 bits per heavy atom. The highest BCUT2D eigenvalue weighted by atomic mass is 35.5. The number of benzene rings is 1. The Balaban J connectivity index is 1.69. The molecule has 1 aliphatic rings. The predicted molar refractivity (Wildman–Crippen MR) is 151 cm³/mol. The fourth-order valence-corrected chi connectivity index (χ4v) is 4.81. The zero-order valence-electron chi connectivity index (χ0n) is 22.6. The van der Waals surface area contributed by atoms with Gasteiger partial charge in [0.2, 0.25) is 11.9 Å². The monoisotopic (exact) mass is 580 g/mol. The number of hydrogen-bond donors (Lipinski definition) is 5. The molecular formula is C25H29ClN12O3. The minimum atomic E-state index is -0.667. The molecular weight excluding hydrogens is 552 g/mol. The lowest BCUT2D eigenvalue weighted by Crippen LogP contribution is -2.62. The minimum Gasteiger partial charge on any atom is -0.453 e. The van der Waals surface area contributed by atoms with E-state index >= 15 is 0 Å². The van der Waals surface area contributed by atoms with Crippen molar-refractivity contribution in [3.63, 3.8) is 0 Å². The number of imidazole rings is 1. The van der Waals surface area contributed by atoms with Crippen molar-refractivity contribution in [2.24, 2.45) is 5.73 Å². The van der Waals surface area contributed by atoms with Crippen LogP contribution >= 0.6 is 11.6 Å². The summed E-state index contributed by atoms with van der Waals surface area (Å²) >= 11 is 6.88. The SMILES string of the molecule is CCNc1nc(Nc2cc(C#N)cc(N3CC[C@@H](NC(=O)OC)[C@H](N[C@H](C)C(N)=O)C3)c2Cl)nn2c(C#N)cnc12. The number of carbonyl (C=O) groups excluding carboxylic acids is 2. The summed E-state index contributed by atoms with van der Waals surface area (Å²) < 4.78 is 6.13. The van der Waals surface area contributed by atoms with Crippen LogP contribution in [0.1, 0.15) is 31.5 Å². The predicted octanol–water partition coefficient (Wildman–Crippen LogP) is 1.46. The molecule has 2 amide bonds. The molecule has 1 saturated heterocycles. The number of primary amides is 1. The van der Waals surface area contributed by atoms with Crippen molar-refractivity contribution in [3.8, 4) is 12.1 Å². The number of hydrogen-bond acceptors (Lipinski definition) is 12. The standard InChI is InChI=1S/C25H29ClN12O3/c1-4-30-22-23-31-11-15(10-28)38(23)36-24(35-22)33-17-7-14(9-27)8-19(20(17)26)37-6-5-16(34-25(40)41-3)18(12-37)32-13(2)21(29)39/h7-8,11,13,16,18,32H,4-6,12H2,1-3H3,(H2,29,39)(H,34,40)(H2,30,33,35,36)/t13-,16-,18-/m1/s1. The topological polar surface area (TPSA) is 211 Å². The summed E-state index contributed by atoms with van der Waals surface area (Å²) in [5, 5.41) is 36.1. The third-order valence-electron chi connectivity index (χ3n) is 6.58. The third kappa shape index (κ3) is 6.32. The van der Waals surface area contributed by atoms with E-state index in [1.807, 2.05) is 17.9 Å². The lowest BCUT2D eigenvalue weighted by atomic mass is 9.97. The molecule has 0 bridgehead atoms. The number of nitrogens with zero attached hydrogens (tertiary/aromatic N) is 7. The van der Waals surface area contributed by atoms with Crippen LogP contribution in [-0.4, -0.2) is 76.5 Å². The van der Waals surface area contributed by atoms with Gasteiger partial charge < -0.3 is 31.3 Å². The van der Waals surface area contributed by atoms with Gasteiger partial charge >= 0.3 is 6.09 Å². The molecule has 16 heteroatoms. The number of fused-ring (bicyclic) bond motifs is 1. The normalized spacial score (nSPS) is 17.3. The van der Waals surface area contributed by atoms with Crippen LogP contribution < -0.4 is 31.9 Å². The molecule has 0 aliphatic carbocycles. The molecule has 6 N–H and O–H groups in total. The van der Waals surface area contributed by atoms with E-state index < -0.39 is 24.1 Å². The zero-order valence-corrected chi connectivity index (χ0v) is 23.4. The number of rotatable bonds is 9. The van der Waals surface area contributed by atoms with Gasteiger partial charge in [-0.15, -0.1) is 5.10 Å². The van der Waals surface area contributed by atoms with Crippen LogP contribution in [0.2, 0.25) is 5.02 Å². The smallest absolute Gasteiger partial charge is 0.407 e. The van der Waals surface area contributed by atoms with Crippen LogP contribution in [0.15, 0.2) is 18.3 Å². The largest absolute Gasteiger partial charge is 0.453 e. The lowest BCUT2D eigenvalue weighted by Gasteiger charge is -2.41. The van der Waals surface area contributed by atoms with Gasteiger partial charge in [0.25, 0.3) is 0 Å². The summed E-state index contributed by atoms with van der Waals surface area (Å²) in [6, 6.07) is 6.00. The summed E-state index contributed by atoms with van der Waals surface area (Å²) in [6.45, 7) is 4.89. The van der Waals surface area contributed by atoms with Crippen molar-refractivity contribution in [2.75, 3.05) is 42.3 Å². The Kier molecular flexibility index (Phi) is 8.91. The van der Waals surface area contributed by atoms with Crippen molar-refractivity contribution in [1.29, 1.82) is 10.5 Å². The maximum Gasteiger partial charge on any atom is 0.407 e. The number of alkyl carbamates (subject to hydrolysis) is 1. The third-order valence-corrected chi connectivity index (χ3v) is 6.98. The molecule has 1 fully saturated rings. The van der Waals surface area contributed by atoms with Crippen molar-refractivity contribution in [2.45, 2.75) is 38.4 Å². The van der Waals surface area contributed by atoms with E-state index in [4.69, 9.17) is 22.1 Å². The first-order chi connectivity index (χ1) is 19.7. The lowest BCUT2D eigenvalue weighted by molar-refractivity contribution is -0.119. The van der Waals surface area contributed by atoms with Gasteiger partial charge in [0.05, 0.1) is 53.4 Å². The van der Waals surface area contributed by atoms with E-state index in [1.54, 1.807) is 19.1 Å². The van der Waals surface area contributed by atoms with Gasteiger partial charge in [-0.2, -0.15) is 20.0 Å². The van der Waals surface area contributed by atoms with Gasteiger partial charge in [-0.3, -0.25) is 10.1 Å². The van der Waals surface area contributed by atoms with E-state index in [0.29, 0.717) is 59.5 Å². The maximum absolute atomic E-state index is 12.0. The molecule has 4 rings (SSSR count). The number of ether oxygens (including phenoxy) is 1. The number of nitrogens with two attached hydrogens (primary N) is 1. The average Bonchev–Trinajstić information content (AvgIpc) is 3.38. The second-order valence-electron chi connectivity index (χ2n) is 9.27. The van der Waals surface area contributed by atoms with Gasteiger partial charge in [-0.1, -0.05) is 11.6 Å². The van der Waals surface area contributed by atoms with Gasteiger partial charge in [0, 0.05) is 25.7 Å². The van der Waals surface area contributed by atoms with Crippen molar-refractivity contribution in [1.82, 2.24) is 30.2 Å². The molecule has 41 heavy (non-hydrogen) atoms. The van der Waals surface area contributed by atoms with E-state index in [0.717, 1.165) is 0 Å². The number of amides is 2. The molecule has 3 heterocycles. The van der Waals surface area contributed by atoms with Crippen LogP contribution in [0.5, 0.6) is 0 Å². The molecule has 0 radical (unpaired) electrons. The number of nitriles is 2. The second kappa shape index (κ2) is 12.5. The minimum absolute atomic E-state index is 0.127. The van der Waals surface area contributed by atoms with E-state index in [2.05, 4.69) is 42.4 Å². The summed E-state index contributed by atoms with van der Waals surface area (Å²) in [7, 11) is 1.28. The second-order valence-corrected chi connectivity index (χ2v) is 9.65. The van der Waals surface area contributed by atoms with E-state index in [1.165, 1.54) is 17.8 Å². The van der Waals surface area contributed by atoms with E-state index in [-0.39, 0.29) is 17.7 Å². The molecule has 3 aromatic rings. The van der Waals surface area contributed by atoms with E-state index in [9.17, 15) is 20.1 Å². The number of halogens is 1.